The molecule has 5 nitrogen and oxygen atoms in total. The molecule has 0 bridgehead atoms. The highest BCUT2D eigenvalue weighted by molar-refractivity contribution is 5.76. The molecule has 1 rings (SSSR count). The van der Waals surface area contributed by atoms with Crippen molar-refractivity contribution in [3.05, 3.63) is 17.5 Å². The Morgan fingerprint density at radius 1 is 1.47 bits per heavy atom. The molecule has 0 saturated heterocycles. The molecule has 3 N–H and O–H groups in total. The van der Waals surface area contributed by atoms with Gasteiger partial charge in [-0.1, -0.05) is 13.8 Å². The van der Waals surface area contributed by atoms with Gasteiger partial charge in [-0.15, -0.1) is 0 Å². The summed E-state index contributed by atoms with van der Waals surface area (Å²) in [6.45, 7) is 8.11. The largest absolute Gasteiger partial charge is 0.397 e. The fraction of sp³-hybridized carbons (Fsp3) is 0.571. The summed E-state index contributed by atoms with van der Waals surface area (Å²) in [5.41, 5.74) is 7.83. The number of carbonyl (C=O) groups is 1. The number of nitrogen functional groups attached to an aromatic ring is 1. The molecule has 19 heavy (non-hydrogen) atoms. The zero-order valence-corrected chi connectivity index (χ0v) is 12.0. The van der Waals surface area contributed by atoms with Gasteiger partial charge < -0.3 is 15.6 Å². The van der Waals surface area contributed by atoms with Crippen molar-refractivity contribution >= 4 is 11.6 Å². The van der Waals surface area contributed by atoms with E-state index < -0.39 is 0 Å². The van der Waals surface area contributed by atoms with E-state index >= 15 is 0 Å². The number of nitrogens with two attached hydrogens (primary N) is 1. The van der Waals surface area contributed by atoms with Crippen molar-refractivity contribution in [3.63, 3.8) is 0 Å². The summed E-state index contributed by atoms with van der Waals surface area (Å²) in [6.07, 6.45) is 0.752. The Morgan fingerprint density at radius 2 is 2.11 bits per heavy atom. The van der Waals surface area contributed by atoms with Gasteiger partial charge in [-0.3, -0.25) is 4.79 Å². The normalized spacial score (nSPS) is 10.8. The van der Waals surface area contributed by atoms with E-state index in [0.717, 1.165) is 12.1 Å². The molecule has 0 aromatic carbocycles. The minimum absolute atomic E-state index is 0.0829. The molecule has 1 aromatic rings. The zero-order chi connectivity index (χ0) is 14.6. The van der Waals surface area contributed by atoms with Crippen LogP contribution in [-0.4, -0.2) is 16.5 Å². The molecule has 0 fully saturated rings. The first-order chi connectivity index (χ1) is 8.85. The van der Waals surface area contributed by atoms with Crippen molar-refractivity contribution in [2.24, 2.45) is 5.92 Å². The van der Waals surface area contributed by atoms with Gasteiger partial charge in [0.2, 0.25) is 5.91 Å². The predicted octanol–water partition coefficient (Wildman–Crippen LogP) is 1.67. The van der Waals surface area contributed by atoms with E-state index in [9.17, 15) is 4.79 Å². The lowest BCUT2D eigenvalue weighted by atomic mass is 10.1. The summed E-state index contributed by atoms with van der Waals surface area (Å²) in [6, 6.07) is 3.81. The molecule has 104 valence electrons. The number of nitrogens with one attached hydrogen (secondary N) is 1. The molecule has 0 spiro atoms. The SMILES string of the molecule is CC(C)Cc1c(N)cc(C#N)n1CC(=O)NC(C)C. The van der Waals surface area contributed by atoms with Crippen LogP contribution < -0.4 is 11.1 Å². The van der Waals surface area contributed by atoms with Gasteiger partial charge in [0.05, 0.1) is 5.69 Å². The Balaban J connectivity index is 3.03. The highest BCUT2D eigenvalue weighted by atomic mass is 16.2. The quantitative estimate of drug-likeness (QED) is 0.846. The van der Waals surface area contributed by atoms with Gasteiger partial charge >= 0.3 is 0 Å². The molecule has 0 unspecified atom stereocenters. The van der Waals surface area contributed by atoms with Crippen LogP contribution in [0, 0.1) is 17.2 Å². The first kappa shape index (κ1) is 15.1. The van der Waals surface area contributed by atoms with Crippen LogP contribution in [0.25, 0.3) is 0 Å². The van der Waals surface area contributed by atoms with Crippen LogP contribution in [0.1, 0.15) is 39.1 Å². The topological polar surface area (TPSA) is 83.8 Å². The molecule has 0 aliphatic carbocycles. The summed E-state index contributed by atoms with van der Waals surface area (Å²) in [5, 5.41) is 11.9. The molecule has 5 heteroatoms. The third-order valence-corrected chi connectivity index (χ3v) is 2.71. The molecular formula is C14H22N4O. The van der Waals surface area contributed by atoms with Crippen molar-refractivity contribution in [1.82, 2.24) is 9.88 Å². The molecule has 1 aromatic heterocycles. The molecule has 0 aliphatic heterocycles. The maximum absolute atomic E-state index is 11.9. The smallest absolute Gasteiger partial charge is 0.240 e. The van der Waals surface area contributed by atoms with E-state index in [2.05, 4.69) is 25.2 Å². The zero-order valence-electron chi connectivity index (χ0n) is 12.0. The Bertz CT molecular complexity index is 494. The summed E-state index contributed by atoms with van der Waals surface area (Å²) in [5.74, 6) is 0.308. The minimum Gasteiger partial charge on any atom is -0.397 e. The fourth-order valence-electron chi connectivity index (χ4n) is 2.01. The maximum atomic E-state index is 11.9. The summed E-state index contributed by atoms with van der Waals surface area (Å²) in [7, 11) is 0. The Labute approximate surface area is 114 Å². The number of hydrogen-bond acceptors (Lipinski definition) is 3. The standard InChI is InChI=1S/C14H22N4O/c1-9(2)5-13-12(16)6-11(7-15)18(13)8-14(19)17-10(3)4/h6,9-10H,5,8,16H2,1-4H3,(H,17,19). The average Bonchev–Trinajstić information content (AvgIpc) is 2.55. The number of rotatable bonds is 5. The number of aromatic nitrogens is 1. The van der Waals surface area contributed by atoms with Gasteiger partial charge in [0.15, 0.2) is 0 Å². The number of nitriles is 1. The second kappa shape index (κ2) is 6.28. The van der Waals surface area contributed by atoms with Crippen molar-refractivity contribution in [3.8, 4) is 6.07 Å². The van der Waals surface area contributed by atoms with Crippen LogP contribution in [0.2, 0.25) is 0 Å². The lowest BCUT2D eigenvalue weighted by Crippen LogP contribution is -2.33. The average molecular weight is 262 g/mol. The van der Waals surface area contributed by atoms with Gasteiger partial charge in [0, 0.05) is 11.7 Å². The van der Waals surface area contributed by atoms with E-state index in [1.165, 1.54) is 0 Å². The van der Waals surface area contributed by atoms with Crippen LogP contribution in [0.15, 0.2) is 6.07 Å². The van der Waals surface area contributed by atoms with Gasteiger partial charge in [-0.2, -0.15) is 5.26 Å². The third kappa shape index (κ3) is 4.02. The molecule has 1 amide bonds. The number of anilines is 1. The minimum atomic E-state index is -0.105. The molecular weight excluding hydrogens is 240 g/mol. The lowest BCUT2D eigenvalue weighted by Gasteiger charge is -2.14. The second-order valence-electron chi connectivity index (χ2n) is 5.45. The first-order valence-electron chi connectivity index (χ1n) is 6.52. The van der Waals surface area contributed by atoms with Crippen LogP contribution >= 0.6 is 0 Å². The molecule has 0 aliphatic rings. The Kier molecular flexibility index (Phi) is 4.99. The van der Waals surface area contributed by atoms with Crippen molar-refractivity contribution in [2.45, 2.75) is 46.7 Å². The van der Waals surface area contributed by atoms with E-state index in [1.54, 1.807) is 10.6 Å². The lowest BCUT2D eigenvalue weighted by molar-refractivity contribution is -0.122. The van der Waals surface area contributed by atoms with E-state index in [-0.39, 0.29) is 18.5 Å². The third-order valence-electron chi connectivity index (χ3n) is 2.71. The summed E-state index contributed by atoms with van der Waals surface area (Å²) >= 11 is 0. The summed E-state index contributed by atoms with van der Waals surface area (Å²) < 4.78 is 1.72. The van der Waals surface area contributed by atoms with E-state index in [0.29, 0.717) is 17.3 Å². The summed E-state index contributed by atoms with van der Waals surface area (Å²) in [4.78, 5) is 11.9. The van der Waals surface area contributed by atoms with E-state index in [1.807, 2.05) is 13.8 Å². The van der Waals surface area contributed by atoms with Crippen LogP contribution in [0.5, 0.6) is 0 Å². The Morgan fingerprint density at radius 3 is 2.58 bits per heavy atom. The van der Waals surface area contributed by atoms with Crippen molar-refractivity contribution < 1.29 is 4.79 Å². The van der Waals surface area contributed by atoms with Crippen LogP contribution in [0.3, 0.4) is 0 Å². The second-order valence-corrected chi connectivity index (χ2v) is 5.45. The van der Waals surface area contributed by atoms with Gasteiger partial charge in [0.25, 0.3) is 0 Å². The molecule has 1 heterocycles. The van der Waals surface area contributed by atoms with Gasteiger partial charge in [0.1, 0.15) is 18.3 Å². The number of hydrogen-bond donors (Lipinski definition) is 2. The van der Waals surface area contributed by atoms with Crippen molar-refractivity contribution in [2.75, 3.05) is 5.73 Å². The number of carbonyl (C=O) groups excluding carboxylic acids is 1. The van der Waals surface area contributed by atoms with Gasteiger partial charge in [-0.05, 0) is 32.3 Å². The van der Waals surface area contributed by atoms with Crippen LogP contribution in [0.4, 0.5) is 5.69 Å². The highest BCUT2D eigenvalue weighted by Crippen LogP contribution is 2.21. The highest BCUT2D eigenvalue weighted by Gasteiger charge is 2.16. The Hall–Kier alpha value is -1.96. The van der Waals surface area contributed by atoms with E-state index in [4.69, 9.17) is 11.0 Å². The molecule has 0 saturated carbocycles. The molecule has 0 radical (unpaired) electrons. The number of nitrogens with zero attached hydrogens (tertiary/aromatic N) is 2. The van der Waals surface area contributed by atoms with Crippen molar-refractivity contribution in [1.29, 1.82) is 5.26 Å². The maximum Gasteiger partial charge on any atom is 0.240 e. The molecule has 0 atom stereocenters. The monoisotopic (exact) mass is 262 g/mol. The fourth-order valence-corrected chi connectivity index (χ4v) is 2.01. The predicted molar refractivity (Wildman–Crippen MR) is 75.4 cm³/mol. The van der Waals surface area contributed by atoms with Crippen LogP contribution in [-0.2, 0) is 17.8 Å². The van der Waals surface area contributed by atoms with Gasteiger partial charge in [-0.25, -0.2) is 0 Å². The number of amides is 1. The first-order valence-corrected chi connectivity index (χ1v) is 6.52.